The van der Waals surface area contributed by atoms with Crippen molar-refractivity contribution < 1.29 is 0 Å². The fraction of sp³-hybridized carbons (Fsp3) is 0. The van der Waals surface area contributed by atoms with Crippen molar-refractivity contribution in [3.05, 3.63) is 326 Å². The van der Waals surface area contributed by atoms with Crippen LogP contribution in [-0.4, -0.2) is 0 Å². The van der Waals surface area contributed by atoms with Crippen LogP contribution in [0.25, 0.3) is 79.6 Å². The summed E-state index contributed by atoms with van der Waals surface area (Å²) in [5.41, 5.74) is 20.5. The minimum Gasteiger partial charge on any atom is -0.311 e. The number of fused-ring (bicyclic) bond motifs is 1. The van der Waals surface area contributed by atoms with E-state index in [0.717, 1.165) is 56.4 Å². The molecule has 0 unspecified atom stereocenters. The first-order chi connectivity index (χ1) is 37.7. The van der Waals surface area contributed by atoms with Gasteiger partial charge in [-0.2, -0.15) is 0 Å². The molecule has 0 aromatic heterocycles. The van der Waals surface area contributed by atoms with Crippen LogP contribution >= 0.6 is 0 Å². The van der Waals surface area contributed by atoms with Gasteiger partial charge in [0.15, 0.2) is 0 Å². The van der Waals surface area contributed by atoms with E-state index in [4.69, 9.17) is 0 Å². The summed E-state index contributed by atoms with van der Waals surface area (Å²) in [6, 6.07) is 109. The number of para-hydroxylation sites is 2. The third-order valence-corrected chi connectivity index (χ3v) is 14.0. The van der Waals surface area contributed by atoms with E-state index in [2.05, 4.69) is 325 Å². The maximum absolute atomic E-state index is 2.34. The van der Waals surface area contributed by atoms with Crippen molar-refractivity contribution in [1.82, 2.24) is 0 Å². The van der Waals surface area contributed by atoms with Gasteiger partial charge in [-0.1, -0.05) is 255 Å². The molecule has 76 heavy (non-hydrogen) atoms. The third-order valence-electron chi connectivity index (χ3n) is 14.0. The smallest absolute Gasteiger partial charge is 0.0462 e. The Morgan fingerprint density at radius 3 is 0.711 bits per heavy atom. The molecule has 0 heterocycles. The Morgan fingerprint density at radius 2 is 0.395 bits per heavy atom. The zero-order valence-electron chi connectivity index (χ0n) is 42.1. The second-order valence-corrected chi connectivity index (χ2v) is 18.9. The highest BCUT2D eigenvalue weighted by Gasteiger charge is 2.25. The summed E-state index contributed by atoms with van der Waals surface area (Å²) in [6.45, 7) is 0. The summed E-state index contributed by atoms with van der Waals surface area (Å²) < 4.78 is 0. The normalized spacial score (nSPS) is 11.3. The van der Waals surface area contributed by atoms with Gasteiger partial charge < -0.3 is 9.80 Å². The number of rotatable bonds is 14. The Bertz CT molecular complexity index is 3630. The van der Waals surface area contributed by atoms with Gasteiger partial charge in [-0.05, 0) is 150 Å². The van der Waals surface area contributed by atoms with Gasteiger partial charge in [0.2, 0.25) is 0 Å². The maximum Gasteiger partial charge on any atom is 0.0462 e. The maximum atomic E-state index is 2.34. The van der Waals surface area contributed by atoms with E-state index in [1.807, 2.05) is 12.1 Å². The monoisotopic (exact) mass is 970 g/mol. The van der Waals surface area contributed by atoms with E-state index in [1.54, 1.807) is 0 Å². The van der Waals surface area contributed by atoms with Crippen molar-refractivity contribution in [2.24, 2.45) is 0 Å². The predicted octanol–water partition coefficient (Wildman–Crippen LogP) is 20.8. The van der Waals surface area contributed by atoms with Crippen LogP contribution in [0.15, 0.2) is 303 Å². The lowest BCUT2D eigenvalue weighted by atomic mass is 9.79. The molecule has 12 rings (SSSR count). The van der Waals surface area contributed by atoms with E-state index in [9.17, 15) is 0 Å². The number of nitrogens with zero attached hydrogens (tertiary/aromatic N) is 2. The highest BCUT2D eigenvalue weighted by Crippen LogP contribution is 2.52. The standard InChI is InChI=1S/C74H54N2/c1-7-21-55(22-8-1)35-37-57-39-47-65(48-40-57)75(63-29-15-5-16-30-63)67-51-43-61(44-52-67)73-71(59-25-11-3-12-26-59)69-33-19-20-34-70(69)72(60-27-13-4-14-28-60)74(73)62-45-53-68(54-46-62)76(64-31-17-6-18-32-64)66-49-41-58(42-50-66)38-36-56-23-9-2-10-24-56/h1-54H/b37-35+,38-36+. The zero-order chi connectivity index (χ0) is 50.9. The van der Waals surface area contributed by atoms with Crippen molar-refractivity contribution in [2.45, 2.75) is 0 Å². The number of hydrogen-bond acceptors (Lipinski definition) is 2. The van der Waals surface area contributed by atoms with Crippen LogP contribution in [0.3, 0.4) is 0 Å². The Labute approximate surface area is 446 Å². The van der Waals surface area contributed by atoms with Crippen LogP contribution < -0.4 is 9.80 Å². The topological polar surface area (TPSA) is 6.48 Å². The molecule has 0 atom stereocenters. The van der Waals surface area contributed by atoms with Gasteiger partial charge in [0.25, 0.3) is 0 Å². The molecule has 0 N–H and O–H groups in total. The molecule has 0 amide bonds. The average Bonchev–Trinajstić information content (AvgIpc) is 3.53. The number of anilines is 6. The van der Waals surface area contributed by atoms with Crippen molar-refractivity contribution in [3.8, 4) is 44.5 Å². The summed E-state index contributed by atoms with van der Waals surface area (Å²) in [5.74, 6) is 0. The molecule has 0 aliphatic rings. The SMILES string of the molecule is C(=C\c1ccc(N(c2ccccc2)c2ccc(-c3c(-c4ccc(N(c5ccccc5)c5ccc(/C=C/c6ccccc6)cc5)cc4)c(-c4ccccc4)c4ccccc4c3-c3ccccc3)cc2)cc1)/c1ccccc1. The number of hydrogen-bond donors (Lipinski definition) is 0. The van der Waals surface area contributed by atoms with Crippen LogP contribution in [0.4, 0.5) is 34.1 Å². The van der Waals surface area contributed by atoms with Crippen molar-refractivity contribution in [2.75, 3.05) is 9.80 Å². The third kappa shape index (κ3) is 10.0. The Morgan fingerprint density at radius 1 is 0.171 bits per heavy atom. The van der Waals surface area contributed by atoms with Gasteiger partial charge in [-0.3, -0.25) is 0 Å². The van der Waals surface area contributed by atoms with Gasteiger partial charge in [0.1, 0.15) is 0 Å². The highest BCUT2D eigenvalue weighted by molar-refractivity contribution is 6.18. The minimum atomic E-state index is 1.07. The summed E-state index contributed by atoms with van der Waals surface area (Å²) in [4.78, 5) is 4.69. The Balaban J connectivity index is 1.01. The van der Waals surface area contributed by atoms with E-state index in [-0.39, 0.29) is 0 Å². The molecule has 0 radical (unpaired) electrons. The lowest BCUT2D eigenvalue weighted by Crippen LogP contribution is -2.10. The van der Waals surface area contributed by atoms with Crippen LogP contribution in [0.1, 0.15) is 22.3 Å². The minimum absolute atomic E-state index is 1.07. The predicted molar refractivity (Wildman–Crippen MR) is 326 cm³/mol. The Hall–Kier alpha value is -10.0. The molecule has 0 fully saturated rings. The number of benzene rings is 12. The lowest BCUT2D eigenvalue weighted by Gasteiger charge is -2.28. The first kappa shape index (κ1) is 47.0. The fourth-order valence-corrected chi connectivity index (χ4v) is 10.4. The van der Waals surface area contributed by atoms with Gasteiger partial charge >= 0.3 is 0 Å². The van der Waals surface area contributed by atoms with Gasteiger partial charge in [0.05, 0.1) is 0 Å². The lowest BCUT2D eigenvalue weighted by molar-refractivity contribution is 1.28. The molecule has 2 nitrogen and oxygen atoms in total. The van der Waals surface area contributed by atoms with Crippen molar-refractivity contribution in [3.63, 3.8) is 0 Å². The molecule has 0 bridgehead atoms. The van der Waals surface area contributed by atoms with E-state index >= 15 is 0 Å². The Kier molecular flexibility index (Phi) is 13.6. The summed E-state index contributed by atoms with van der Waals surface area (Å²) >= 11 is 0. The van der Waals surface area contributed by atoms with Crippen LogP contribution in [0.2, 0.25) is 0 Å². The molecule has 0 saturated heterocycles. The van der Waals surface area contributed by atoms with Crippen molar-refractivity contribution in [1.29, 1.82) is 0 Å². The quantitative estimate of drug-likeness (QED) is 0.100. The van der Waals surface area contributed by atoms with Crippen LogP contribution in [-0.2, 0) is 0 Å². The first-order valence-electron chi connectivity index (χ1n) is 26.0. The molecule has 360 valence electrons. The van der Waals surface area contributed by atoms with E-state index in [1.165, 1.54) is 55.3 Å². The van der Waals surface area contributed by atoms with Crippen molar-refractivity contribution >= 4 is 69.2 Å². The summed E-state index contributed by atoms with van der Waals surface area (Å²) in [5, 5.41) is 2.41. The molecular weight excluding hydrogens is 917 g/mol. The summed E-state index contributed by atoms with van der Waals surface area (Å²) in [7, 11) is 0. The summed E-state index contributed by atoms with van der Waals surface area (Å²) in [6.07, 6.45) is 8.67. The van der Waals surface area contributed by atoms with Crippen LogP contribution in [0.5, 0.6) is 0 Å². The molecule has 0 saturated carbocycles. The molecular formula is C74H54N2. The average molecular weight is 971 g/mol. The first-order valence-corrected chi connectivity index (χ1v) is 26.0. The zero-order valence-corrected chi connectivity index (χ0v) is 42.1. The molecule has 2 heteroatoms. The second-order valence-electron chi connectivity index (χ2n) is 18.9. The molecule has 0 aliphatic heterocycles. The van der Waals surface area contributed by atoms with Gasteiger partial charge in [-0.25, -0.2) is 0 Å². The molecule has 12 aromatic carbocycles. The molecule has 12 aromatic rings. The van der Waals surface area contributed by atoms with Gasteiger partial charge in [0, 0.05) is 34.1 Å². The van der Waals surface area contributed by atoms with E-state index < -0.39 is 0 Å². The molecule has 0 spiro atoms. The molecule has 0 aliphatic carbocycles. The van der Waals surface area contributed by atoms with Crippen LogP contribution in [0, 0.1) is 0 Å². The highest BCUT2D eigenvalue weighted by atomic mass is 15.1. The second kappa shape index (κ2) is 22.0. The van der Waals surface area contributed by atoms with Gasteiger partial charge in [-0.15, -0.1) is 0 Å². The fourth-order valence-electron chi connectivity index (χ4n) is 10.4. The largest absolute Gasteiger partial charge is 0.311 e. The van der Waals surface area contributed by atoms with E-state index in [0.29, 0.717) is 0 Å².